The van der Waals surface area contributed by atoms with Crippen molar-refractivity contribution < 1.29 is 4.42 Å². The molecule has 0 amide bonds. The summed E-state index contributed by atoms with van der Waals surface area (Å²) in [5.41, 5.74) is 3.13. The maximum Gasteiger partial charge on any atom is 0.135 e. The van der Waals surface area contributed by atoms with Crippen LogP contribution < -0.4 is 5.32 Å². The zero-order chi connectivity index (χ0) is 14.7. The third-order valence-electron chi connectivity index (χ3n) is 3.77. The van der Waals surface area contributed by atoms with Gasteiger partial charge in [0.1, 0.15) is 11.3 Å². The van der Waals surface area contributed by atoms with Gasteiger partial charge in [-0.15, -0.1) is 0 Å². The van der Waals surface area contributed by atoms with Gasteiger partial charge in [-0.2, -0.15) is 0 Å². The minimum Gasteiger partial charge on any atom is -0.459 e. The van der Waals surface area contributed by atoms with Crippen LogP contribution in [0.4, 0.5) is 0 Å². The van der Waals surface area contributed by atoms with Crippen LogP contribution >= 0.6 is 11.6 Å². The summed E-state index contributed by atoms with van der Waals surface area (Å²) in [6.45, 7) is 9.49. The second kappa shape index (κ2) is 6.64. The molecule has 1 atom stereocenters. The van der Waals surface area contributed by atoms with Crippen LogP contribution in [0.5, 0.6) is 0 Å². The molecule has 0 saturated carbocycles. The van der Waals surface area contributed by atoms with Gasteiger partial charge >= 0.3 is 0 Å². The first kappa shape index (κ1) is 15.4. The molecule has 110 valence electrons. The molecule has 0 saturated heterocycles. The number of furan rings is 1. The number of nitrogens with one attached hydrogen (secondary N) is 1. The zero-order valence-corrected chi connectivity index (χ0v) is 13.6. The summed E-state index contributed by atoms with van der Waals surface area (Å²) in [4.78, 5) is 0. The van der Waals surface area contributed by atoms with Crippen molar-refractivity contribution in [3.05, 3.63) is 34.0 Å². The van der Waals surface area contributed by atoms with E-state index in [0.717, 1.165) is 58.7 Å². The molecule has 0 spiro atoms. The van der Waals surface area contributed by atoms with Crippen molar-refractivity contribution in [3.63, 3.8) is 0 Å². The summed E-state index contributed by atoms with van der Waals surface area (Å²) < 4.78 is 6.08. The fraction of sp³-hybridized carbons (Fsp3) is 0.529. The van der Waals surface area contributed by atoms with E-state index in [2.05, 4.69) is 32.2 Å². The molecule has 0 bridgehead atoms. The average molecular weight is 294 g/mol. The van der Waals surface area contributed by atoms with Crippen LogP contribution in [-0.2, 0) is 0 Å². The standard InChI is InChI=1S/C17H24ClNO/c1-5-7-14(19-8-6-2)16-10-13-12(4)17(18)11(3)9-15(13)20-16/h9-10,14,19H,5-8H2,1-4H3. The summed E-state index contributed by atoms with van der Waals surface area (Å²) in [6.07, 6.45) is 3.35. The lowest BCUT2D eigenvalue weighted by atomic mass is 10.1. The topological polar surface area (TPSA) is 25.2 Å². The van der Waals surface area contributed by atoms with Crippen LogP contribution in [0.25, 0.3) is 11.0 Å². The molecular formula is C17H24ClNO. The van der Waals surface area contributed by atoms with Gasteiger partial charge in [-0.25, -0.2) is 0 Å². The van der Waals surface area contributed by atoms with Crippen molar-refractivity contribution in [1.29, 1.82) is 0 Å². The van der Waals surface area contributed by atoms with Crippen LogP contribution in [0.1, 0.15) is 56.0 Å². The lowest BCUT2D eigenvalue weighted by molar-refractivity contribution is 0.408. The highest BCUT2D eigenvalue weighted by atomic mass is 35.5. The number of aryl methyl sites for hydroxylation is 2. The van der Waals surface area contributed by atoms with E-state index in [0.29, 0.717) is 6.04 Å². The quantitative estimate of drug-likeness (QED) is 0.756. The maximum atomic E-state index is 6.33. The molecule has 2 rings (SSSR count). The Balaban J connectivity index is 2.41. The number of rotatable bonds is 6. The minimum atomic E-state index is 0.297. The number of fused-ring (bicyclic) bond motifs is 1. The Bertz CT molecular complexity index is 588. The molecule has 1 aromatic heterocycles. The molecular weight excluding hydrogens is 270 g/mol. The second-order valence-corrected chi connectivity index (χ2v) is 5.87. The fourth-order valence-electron chi connectivity index (χ4n) is 2.62. The van der Waals surface area contributed by atoms with Crippen LogP contribution in [0, 0.1) is 13.8 Å². The van der Waals surface area contributed by atoms with Gasteiger partial charge in [-0.05, 0) is 56.5 Å². The van der Waals surface area contributed by atoms with Crippen molar-refractivity contribution >= 4 is 22.6 Å². The van der Waals surface area contributed by atoms with E-state index in [1.54, 1.807) is 0 Å². The summed E-state index contributed by atoms with van der Waals surface area (Å²) >= 11 is 6.33. The molecule has 1 aromatic carbocycles. The van der Waals surface area contributed by atoms with Crippen molar-refractivity contribution in [3.8, 4) is 0 Å². The predicted molar refractivity (Wildman–Crippen MR) is 86.6 cm³/mol. The third kappa shape index (κ3) is 3.02. The number of hydrogen-bond acceptors (Lipinski definition) is 2. The van der Waals surface area contributed by atoms with E-state index >= 15 is 0 Å². The smallest absolute Gasteiger partial charge is 0.135 e. The SMILES string of the molecule is CCCNC(CCC)c1cc2c(C)c(Cl)c(C)cc2o1. The van der Waals surface area contributed by atoms with Crippen LogP contribution in [0.2, 0.25) is 5.02 Å². The summed E-state index contributed by atoms with van der Waals surface area (Å²) in [6, 6.07) is 4.49. The third-order valence-corrected chi connectivity index (χ3v) is 4.35. The maximum absolute atomic E-state index is 6.33. The molecule has 0 aliphatic heterocycles. The molecule has 20 heavy (non-hydrogen) atoms. The Hall–Kier alpha value is -0.990. The van der Waals surface area contributed by atoms with E-state index in [-0.39, 0.29) is 0 Å². The van der Waals surface area contributed by atoms with E-state index in [1.807, 2.05) is 13.0 Å². The summed E-state index contributed by atoms with van der Waals surface area (Å²) in [5.74, 6) is 1.03. The largest absolute Gasteiger partial charge is 0.459 e. The Labute approximate surface area is 126 Å². The van der Waals surface area contributed by atoms with Crippen LogP contribution in [0.3, 0.4) is 0 Å². The molecule has 0 radical (unpaired) electrons. The van der Waals surface area contributed by atoms with E-state index in [1.165, 1.54) is 0 Å². The molecule has 1 heterocycles. The molecule has 1 N–H and O–H groups in total. The molecule has 0 aliphatic carbocycles. The van der Waals surface area contributed by atoms with Gasteiger partial charge in [0.15, 0.2) is 0 Å². The normalized spacial score (nSPS) is 13.1. The molecule has 2 nitrogen and oxygen atoms in total. The number of benzene rings is 1. The van der Waals surface area contributed by atoms with Gasteiger partial charge in [-0.3, -0.25) is 0 Å². The highest BCUT2D eigenvalue weighted by Crippen LogP contribution is 2.33. The minimum absolute atomic E-state index is 0.297. The molecule has 2 aromatic rings. The Morgan fingerprint density at radius 1 is 1.20 bits per heavy atom. The van der Waals surface area contributed by atoms with Gasteiger partial charge in [0.05, 0.1) is 6.04 Å². The van der Waals surface area contributed by atoms with Crippen molar-refractivity contribution in [2.75, 3.05) is 6.54 Å². The summed E-state index contributed by atoms with van der Waals surface area (Å²) in [5, 5.41) is 5.55. The van der Waals surface area contributed by atoms with Crippen LogP contribution in [-0.4, -0.2) is 6.54 Å². The van der Waals surface area contributed by atoms with Gasteiger partial charge in [0.25, 0.3) is 0 Å². The average Bonchev–Trinajstić information content (AvgIpc) is 2.84. The first-order chi connectivity index (χ1) is 9.58. The summed E-state index contributed by atoms with van der Waals surface area (Å²) in [7, 11) is 0. The molecule has 3 heteroatoms. The number of halogens is 1. The Morgan fingerprint density at radius 2 is 1.95 bits per heavy atom. The fourth-order valence-corrected chi connectivity index (χ4v) is 2.78. The highest BCUT2D eigenvalue weighted by molar-refractivity contribution is 6.33. The van der Waals surface area contributed by atoms with E-state index in [9.17, 15) is 0 Å². The lowest BCUT2D eigenvalue weighted by Gasteiger charge is -2.14. The molecule has 1 unspecified atom stereocenters. The van der Waals surface area contributed by atoms with Gasteiger partial charge in [0.2, 0.25) is 0 Å². The number of hydrogen-bond donors (Lipinski definition) is 1. The Morgan fingerprint density at radius 3 is 2.60 bits per heavy atom. The van der Waals surface area contributed by atoms with Gasteiger partial charge in [-0.1, -0.05) is 31.9 Å². The molecule has 0 aliphatic rings. The zero-order valence-electron chi connectivity index (χ0n) is 12.8. The monoisotopic (exact) mass is 293 g/mol. The van der Waals surface area contributed by atoms with Gasteiger partial charge < -0.3 is 9.73 Å². The first-order valence-corrected chi connectivity index (χ1v) is 7.88. The van der Waals surface area contributed by atoms with E-state index < -0.39 is 0 Å². The lowest BCUT2D eigenvalue weighted by Crippen LogP contribution is -2.21. The van der Waals surface area contributed by atoms with Gasteiger partial charge in [0, 0.05) is 10.4 Å². The Kier molecular flexibility index (Phi) is 5.11. The van der Waals surface area contributed by atoms with Crippen molar-refractivity contribution in [2.45, 2.75) is 53.0 Å². The molecule has 0 fully saturated rings. The predicted octanol–water partition coefficient (Wildman–Crippen LogP) is 5.54. The first-order valence-electron chi connectivity index (χ1n) is 7.51. The second-order valence-electron chi connectivity index (χ2n) is 5.49. The van der Waals surface area contributed by atoms with Crippen LogP contribution in [0.15, 0.2) is 16.5 Å². The van der Waals surface area contributed by atoms with Crippen molar-refractivity contribution in [1.82, 2.24) is 5.32 Å². The highest BCUT2D eigenvalue weighted by Gasteiger charge is 2.17. The van der Waals surface area contributed by atoms with Crippen molar-refractivity contribution in [2.24, 2.45) is 0 Å². The van der Waals surface area contributed by atoms with E-state index in [4.69, 9.17) is 16.0 Å².